The van der Waals surface area contributed by atoms with Crippen LogP contribution in [0, 0.1) is 5.82 Å². The van der Waals surface area contributed by atoms with E-state index in [-0.39, 0.29) is 0 Å². The lowest BCUT2D eigenvalue weighted by Gasteiger charge is -2.00. The minimum Gasteiger partial charge on any atom is -0.480 e. The number of nitrogens with zero attached hydrogens (tertiary/aromatic N) is 1. The van der Waals surface area contributed by atoms with Gasteiger partial charge in [-0.1, -0.05) is 11.8 Å². The van der Waals surface area contributed by atoms with Crippen LogP contribution >= 0.6 is 11.8 Å². The third-order valence-corrected chi connectivity index (χ3v) is 3.17. The van der Waals surface area contributed by atoms with E-state index in [1.54, 1.807) is 0 Å². The summed E-state index contributed by atoms with van der Waals surface area (Å²) in [6.07, 6.45) is 0. The number of thioether (sulfide) groups is 1. The summed E-state index contributed by atoms with van der Waals surface area (Å²) < 4.78 is 12.6. The van der Waals surface area contributed by atoms with Crippen LogP contribution in [0.1, 0.15) is 5.56 Å². The molecule has 1 atom stereocenters. The van der Waals surface area contributed by atoms with Crippen molar-refractivity contribution in [1.82, 2.24) is 0 Å². The Balaban J connectivity index is 2.25. The van der Waals surface area contributed by atoms with Gasteiger partial charge in [-0.25, -0.2) is 9.38 Å². The molecule has 6 heteroatoms. The first-order valence-electron chi connectivity index (χ1n) is 4.36. The summed E-state index contributed by atoms with van der Waals surface area (Å²) in [6, 6.07) is 5.38. The molecule has 0 aromatic heterocycles. The number of benzene rings is 1. The number of aliphatic imine (C=N–C) groups is 1. The number of carboxylic acid groups (broad SMARTS) is 1. The maximum atomic E-state index is 12.6. The predicted molar refractivity (Wildman–Crippen MR) is 57.0 cm³/mol. The van der Waals surface area contributed by atoms with Gasteiger partial charge in [0.25, 0.3) is 5.91 Å². The SMILES string of the molecule is O=C(O)C1SC(c2ccc(F)cc2)=NC1=O. The van der Waals surface area contributed by atoms with Gasteiger partial charge in [-0.05, 0) is 24.3 Å². The molecule has 1 unspecified atom stereocenters. The number of halogens is 1. The van der Waals surface area contributed by atoms with Crippen molar-refractivity contribution in [3.8, 4) is 0 Å². The van der Waals surface area contributed by atoms with E-state index in [1.165, 1.54) is 24.3 Å². The zero-order valence-electron chi connectivity index (χ0n) is 7.88. The molecule has 1 aliphatic rings. The molecule has 0 saturated heterocycles. The second-order valence-electron chi connectivity index (χ2n) is 3.10. The molecule has 1 aliphatic heterocycles. The maximum Gasteiger partial charge on any atom is 0.326 e. The van der Waals surface area contributed by atoms with Crippen molar-refractivity contribution in [2.45, 2.75) is 5.25 Å². The first-order valence-corrected chi connectivity index (χ1v) is 5.24. The molecule has 0 spiro atoms. The number of carbonyl (C=O) groups excluding carboxylic acids is 1. The van der Waals surface area contributed by atoms with Gasteiger partial charge in [0, 0.05) is 5.56 Å². The summed E-state index contributed by atoms with van der Waals surface area (Å²) in [5.41, 5.74) is 0.545. The van der Waals surface area contributed by atoms with Gasteiger partial charge >= 0.3 is 5.97 Å². The zero-order chi connectivity index (χ0) is 11.7. The van der Waals surface area contributed by atoms with E-state index >= 15 is 0 Å². The van der Waals surface area contributed by atoms with Gasteiger partial charge in [-0.3, -0.25) is 9.59 Å². The molecule has 1 amide bonds. The zero-order valence-corrected chi connectivity index (χ0v) is 8.70. The molecule has 16 heavy (non-hydrogen) atoms. The highest BCUT2D eigenvalue weighted by atomic mass is 32.2. The minimum absolute atomic E-state index is 0.317. The minimum atomic E-state index is -1.21. The van der Waals surface area contributed by atoms with Crippen LogP contribution in [0.15, 0.2) is 29.3 Å². The van der Waals surface area contributed by atoms with Crippen LogP contribution in [-0.4, -0.2) is 27.3 Å². The maximum absolute atomic E-state index is 12.6. The fourth-order valence-electron chi connectivity index (χ4n) is 1.23. The summed E-state index contributed by atoms with van der Waals surface area (Å²) in [6.45, 7) is 0. The predicted octanol–water partition coefficient (Wildman–Crippen LogP) is 1.30. The van der Waals surface area contributed by atoms with Crippen molar-refractivity contribution in [3.05, 3.63) is 35.6 Å². The molecular formula is C10H6FNO3S. The Hall–Kier alpha value is -1.69. The molecule has 2 rings (SSSR count). The first-order chi connectivity index (χ1) is 7.58. The lowest BCUT2D eigenvalue weighted by Crippen LogP contribution is -2.21. The largest absolute Gasteiger partial charge is 0.480 e. The third kappa shape index (κ3) is 1.96. The Bertz CT molecular complexity index is 483. The van der Waals surface area contributed by atoms with Gasteiger partial charge < -0.3 is 5.11 Å². The lowest BCUT2D eigenvalue weighted by molar-refractivity contribution is -0.139. The third-order valence-electron chi connectivity index (χ3n) is 1.98. The van der Waals surface area contributed by atoms with Crippen LogP contribution in [0.25, 0.3) is 0 Å². The van der Waals surface area contributed by atoms with Gasteiger partial charge in [-0.15, -0.1) is 0 Å². The van der Waals surface area contributed by atoms with E-state index in [2.05, 4.69) is 4.99 Å². The van der Waals surface area contributed by atoms with Crippen molar-refractivity contribution in [3.63, 3.8) is 0 Å². The molecule has 0 fully saturated rings. The Morgan fingerprint density at radius 3 is 2.50 bits per heavy atom. The Labute approximate surface area is 94.2 Å². The first kappa shape index (κ1) is 10.8. The highest BCUT2D eigenvalue weighted by molar-refractivity contribution is 8.16. The number of rotatable bonds is 2. The van der Waals surface area contributed by atoms with Crippen molar-refractivity contribution >= 4 is 28.7 Å². The van der Waals surface area contributed by atoms with Crippen molar-refractivity contribution < 1.29 is 19.1 Å². The standard InChI is InChI=1S/C10H6FNO3S/c11-6-3-1-5(2-4-6)9-12-8(13)7(16-9)10(14)15/h1-4,7H,(H,14,15). The van der Waals surface area contributed by atoms with Gasteiger partial charge in [0.05, 0.1) is 0 Å². The van der Waals surface area contributed by atoms with Gasteiger partial charge in [0.15, 0.2) is 5.25 Å². The second-order valence-corrected chi connectivity index (χ2v) is 4.19. The van der Waals surface area contributed by atoms with Crippen molar-refractivity contribution in [2.24, 2.45) is 4.99 Å². The molecule has 0 saturated carbocycles. The topological polar surface area (TPSA) is 66.7 Å². The summed E-state index contributed by atoms with van der Waals surface area (Å²) >= 11 is 0.864. The van der Waals surface area contributed by atoms with Crippen LogP contribution in [-0.2, 0) is 9.59 Å². The van der Waals surface area contributed by atoms with E-state index in [4.69, 9.17) is 5.11 Å². The average molecular weight is 239 g/mol. The van der Waals surface area contributed by atoms with Gasteiger partial charge in [0.1, 0.15) is 10.9 Å². The lowest BCUT2D eigenvalue weighted by atomic mass is 10.2. The van der Waals surface area contributed by atoms with Crippen LogP contribution in [0.3, 0.4) is 0 Å². The molecule has 82 valence electrons. The molecule has 1 aromatic rings. The number of hydrogen-bond donors (Lipinski definition) is 1. The number of carbonyl (C=O) groups is 2. The van der Waals surface area contributed by atoms with E-state index in [1.807, 2.05) is 0 Å². The summed E-state index contributed by atoms with van der Waals surface area (Å²) in [5, 5.41) is 7.85. The fraction of sp³-hybridized carbons (Fsp3) is 0.100. The van der Waals surface area contributed by atoms with E-state index in [0.717, 1.165) is 11.8 Å². The Morgan fingerprint density at radius 1 is 1.38 bits per heavy atom. The van der Waals surface area contributed by atoms with E-state index < -0.39 is 22.9 Å². The van der Waals surface area contributed by atoms with Crippen LogP contribution < -0.4 is 0 Å². The average Bonchev–Trinajstić information content (AvgIpc) is 2.61. The highest BCUT2D eigenvalue weighted by Gasteiger charge is 2.34. The van der Waals surface area contributed by atoms with Crippen molar-refractivity contribution in [1.29, 1.82) is 0 Å². The normalized spacial score (nSPS) is 19.7. The summed E-state index contributed by atoms with van der Waals surface area (Å²) in [4.78, 5) is 25.5. The van der Waals surface area contributed by atoms with Gasteiger partial charge in [0.2, 0.25) is 0 Å². The molecule has 0 radical (unpaired) electrons. The molecule has 0 bridgehead atoms. The van der Waals surface area contributed by atoms with Gasteiger partial charge in [-0.2, -0.15) is 0 Å². The summed E-state index contributed by atoms with van der Waals surface area (Å²) in [5.74, 6) is -2.29. The van der Waals surface area contributed by atoms with Crippen LogP contribution in [0.2, 0.25) is 0 Å². The van der Waals surface area contributed by atoms with Crippen molar-refractivity contribution in [2.75, 3.05) is 0 Å². The quantitative estimate of drug-likeness (QED) is 0.790. The van der Waals surface area contributed by atoms with Crippen LogP contribution in [0.5, 0.6) is 0 Å². The fourth-order valence-corrected chi connectivity index (χ4v) is 2.12. The Morgan fingerprint density at radius 2 is 2.00 bits per heavy atom. The number of aliphatic carboxylic acids is 1. The monoisotopic (exact) mass is 239 g/mol. The molecular weight excluding hydrogens is 233 g/mol. The van der Waals surface area contributed by atoms with E-state index in [9.17, 15) is 14.0 Å². The molecule has 4 nitrogen and oxygen atoms in total. The smallest absolute Gasteiger partial charge is 0.326 e. The molecule has 1 heterocycles. The molecule has 1 aromatic carbocycles. The number of hydrogen-bond acceptors (Lipinski definition) is 3. The number of amides is 1. The summed E-state index contributed by atoms with van der Waals surface area (Å²) in [7, 11) is 0. The molecule has 0 aliphatic carbocycles. The van der Waals surface area contributed by atoms with Crippen LogP contribution in [0.4, 0.5) is 4.39 Å². The molecule has 1 N–H and O–H groups in total. The second kappa shape index (κ2) is 4.05. The van der Waals surface area contributed by atoms with E-state index in [0.29, 0.717) is 10.6 Å². The highest BCUT2D eigenvalue weighted by Crippen LogP contribution is 2.26. The number of carboxylic acids is 1. The Kier molecular flexibility index (Phi) is 2.74.